The fourth-order valence-electron chi connectivity index (χ4n) is 3.07. The predicted octanol–water partition coefficient (Wildman–Crippen LogP) is 1.07. The Balaban J connectivity index is 0.000000758. The summed E-state index contributed by atoms with van der Waals surface area (Å²) in [7, 11) is 0.628. The molecule has 3 heterocycles. The summed E-state index contributed by atoms with van der Waals surface area (Å²) in [5.74, 6) is -0.123. The average molecular weight is 624 g/mol. The fourth-order valence-corrected chi connectivity index (χ4v) is 3.07. The molecule has 1 amide bonds. The number of nitrogen functional groups attached to an aromatic ring is 1. The summed E-state index contributed by atoms with van der Waals surface area (Å²) in [6.07, 6.45) is 3.71. The number of nitrogens with one attached hydrogen (secondary N) is 2. The van der Waals surface area contributed by atoms with Crippen LogP contribution >= 0.6 is 40.0 Å². The number of H-pyrrole nitrogens is 1. The number of nitrogens with zero attached hydrogens (tertiary/aromatic N) is 4. The van der Waals surface area contributed by atoms with Gasteiger partial charge in [-0.2, -0.15) is 4.98 Å². The molecule has 4 N–H and O–H groups in total. The molecule has 3 rings (SSSR count). The van der Waals surface area contributed by atoms with Crippen molar-refractivity contribution in [3.63, 3.8) is 0 Å². The van der Waals surface area contributed by atoms with Crippen LogP contribution in [0.4, 0.5) is 5.95 Å². The molecule has 143 valence electrons. The second kappa shape index (κ2) is 10.8. The number of rotatable bonds is 5. The molecule has 1 saturated heterocycles. The van der Waals surface area contributed by atoms with E-state index in [0.717, 1.165) is 19.5 Å². The number of aromatic nitrogens is 4. The SMILES string of the molecule is CCN1CCCC1CNC(=O)Cn1cnc2c(=O)[nH]c(N)nc21.[I][V][I]. The van der Waals surface area contributed by atoms with Crippen molar-refractivity contribution >= 4 is 63.0 Å². The van der Waals surface area contributed by atoms with Crippen LogP contribution in [0, 0.1) is 0 Å². The zero-order chi connectivity index (χ0) is 19.1. The average Bonchev–Trinajstić information content (AvgIpc) is 3.21. The van der Waals surface area contributed by atoms with Gasteiger partial charge in [-0.1, -0.05) is 6.92 Å². The Kier molecular flexibility index (Phi) is 9.13. The summed E-state index contributed by atoms with van der Waals surface area (Å²) in [5, 5.41) is 2.95. The third-order valence-corrected chi connectivity index (χ3v) is 4.25. The Morgan fingerprint density at radius 3 is 2.96 bits per heavy atom. The molecule has 1 atom stereocenters. The van der Waals surface area contributed by atoms with Crippen molar-refractivity contribution in [3.8, 4) is 0 Å². The molecule has 0 aliphatic carbocycles. The van der Waals surface area contributed by atoms with Crippen LogP contribution in [0.2, 0.25) is 0 Å². The second-order valence-electron chi connectivity index (χ2n) is 5.79. The van der Waals surface area contributed by atoms with E-state index in [-0.39, 0.29) is 23.9 Å². The molecule has 0 spiro atoms. The van der Waals surface area contributed by atoms with Crippen LogP contribution in [0.15, 0.2) is 11.1 Å². The van der Waals surface area contributed by atoms with Crippen molar-refractivity contribution in [2.45, 2.75) is 32.4 Å². The summed E-state index contributed by atoms with van der Waals surface area (Å²) in [5.41, 5.74) is 5.63. The molecule has 2 aromatic heterocycles. The van der Waals surface area contributed by atoms with Gasteiger partial charge in [0.05, 0.1) is 6.33 Å². The van der Waals surface area contributed by atoms with Crippen LogP contribution in [0.25, 0.3) is 11.2 Å². The first-order valence-electron chi connectivity index (χ1n) is 8.13. The number of hydrogen-bond donors (Lipinski definition) is 3. The van der Waals surface area contributed by atoms with E-state index in [1.165, 1.54) is 17.3 Å². The number of likely N-dealkylation sites (N-methyl/N-ethyl adjacent to an activating group) is 1. The van der Waals surface area contributed by atoms with E-state index in [9.17, 15) is 9.59 Å². The maximum absolute atomic E-state index is 12.2. The summed E-state index contributed by atoms with van der Waals surface area (Å²) in [6.45, 7) is 4.92. The third kappa shape index (κ3) is 5.81. The van der Waals surface area contributed by atoms with Crippen molar-refractivity contribution < 1.29 is 14.3 Å². The number of amides is 1. The summed E-state index contributed by atoms with van der Waals surface area (Å²) < 4.78 is 1.53. The van der Waals surface area contributed by atoms with Gasteiger partial charge in [0.2, 0.25) is 11.9 Å². The molecular formula is C14H21I2N7O2V. The van der Waals surface area contributed by atoms with Gasteiger partial charge in [0.1, 0.15) is 6.54 Å². The minimum absolute atomic E-state index is 0.00852. The van der Waals surface area contributed by atoms with Gasteiger partial charge < -0.3 is 15.6 Å². The fraction of sp³-hybridized carbons (Fsp3) is 0.571. The van der Waals surface area contributed by atoms with Gasteiger partial charge in [0.15, 0.2) is 11.2 Å². The molecule has 0 radical (unpaired) electrons. The van der Waals surface area contributed by atoms with Gasteiger partial charge in [0, 0.05) is 12.6 Å². The summed E-state index contributed by atoms with van der Waals surface area (Å²) in [4.78, 5) is 36.6. The predicted molar refractivity (Wildman–Crippen MR) is 114 cm³/mol. The second-order valence-corrected chi connectivity index (χ2v) is 17.6. The summed E-state index contributed by atoms with van der Waals surface area (Å²) >= 11 is 4.74. The van der Waals surface area contributed by atoms with Gasteiger partial charge in [-0.15, -0.1) is 0 Å². The van der Waals surface area contributed by atoms with E-state index in [1.54, 1.807) is 0 Å². The Bertz CT molecular complexity index is 797. The van der Waals surface area contributed by atoms with Crippen molar-refractivity contribution in [2.24, 2.45) is 0 Å². The van der Waals surface area contributed by atoms with Gasteiger partial charge >= 0.3 is 49.4 Å². The van der Waals surface area contributed by atoms with E-state index in [2.05, 4.69) is 72.1 Å². The third-order valence-electron chi connectivity index (χ3n) is 4.25. The number of hydrogen-bond acceptors (Lipinski definition) is 6. The molecular weight excluding hydrogens is 603 g/mol. The molecule has 1 unspecified atom stereocenters. The zero-order valence-corrected chi connectivity index (χ0v) is 20.0. The molecule has 1 aliphatic rings. The monoisotopic (exact) mass is 624 g/mol. The van der Waals surface area contributed by atoms with E-state index in [0.29, 0.717) is 27.7 Å². The quantitative estimate of drug-likeness (QED) is 0.429. The summed E-state index contributed by atoms with van der Waals surface area (Å²) in [6, 6.07) is 0.403. The van der Waals surface area contributed by atoms with Crippen molar-refractivity contribution in [3.05, 3.63) is 16.7 Å². The molecule has 26 heavy (non-hydrogen) atoms. The van der Waals surface area contributed by atoms with Gasteiger partial charge in [0.25, 0.3) is 5.56 Å². The number of halogens is 2. The number of anilines is 1. The number of fused-ring (bicyclic) bond motifs is 1. The van der Waals surface area contributed by atoms with Gasteiger partial charge in [-0.25, -0.2) is 4.98 Å². The van der Waals surface area contributed by atoms with E-state index in [1.807, 2.05) is 0 Å². The van der Waals surface area contributed by atoms with Crippen molar-refractivity contribution in [1.29, 1.82) is 0 Å². The Hall–Kier alpha value is -0.376. The molecule has 0 bridgehead atoms. The van der Waals surface area contributed by atoms with Crippen LogP contribution in [0.1, 0.15) is 19.8 Å². The van der Waals surface area contributed by atoms with E-state index < -0.39 is 5.56 Å². The van der Waals surface area contributed by atoms with Crippen LogP contribution in [0.3, 0.4) is 0 Å². The van der Waals surface area contributed by atoms with E-state index >= 15 is 0 Å². The topological polar surface area (TPSA) is 122 Å². The number of imidazole rings is 1. The Morgan fingerprint density at radius 2 is 2.27 bits per heavy atom. The zero-order valence-electron chi connectivity index (χ0n) is 14.3. The van der Waals surface area contributed by atoms with Crippen LogP contribution < -0.4 is 16.6 Å². The molecule has 9 nitrogen and oxygen atoms in total. The van der Waals surface area contributed by atoms with E-state index in [4.69, 9.17) is 5.73 Å². The standard InChI is InChI=1S/C14H21N7O2.2HI.V/c1-2-20-5-3-4-9(20)6-16-10(22)7-21-8-17-11-12(21)18-14(15)19-13(11)23;;;/h8-9H,2-7H2,1H3,(H,16,22)(H3,15,18,19,23);2*1H;/q;;;+2/p-2. The van der Waals surface area contributed by atoms with Crippen LogP contribution in [-0.2, 0) is 20.8 Å². The van der Waals surface area contributed by atoms with Crippen molar-refractivity contribution in [1.82, 2.24) is 29.7 Å². The van der Waals surface area contributed by atoms with Gasteiger partial charge in [-0.05, 0) is 25.9 Å². The first-order valence-corrected chi connectivity index (χ1v) is 17.1. The number of nitrogens with two attached hydrogens (primary N) is 1. The maximum atomic E-state index is 12.2. The molecule has 1 aliphatic heterocycles. The van der Waals surface area contributed by atoms with Crippen LogP contribution in [-0.4, -0.2) is 56.0 Å². The minimum atomic E-state index is -0.406. The first kappa shape index (κ1) is 21.9. The van der Waals surface area contributed by atoms with Gasteiger partial charge in [-0.3, -0.25) is 19.5 Å². The molecule has 0 aromatic carbocycles. The normalized spacial score (nSPS) is 17.0. The molecule has 0 saturated carbocycles. The number of aromatic amines is 1. The first-order chi connectivity index (χ1) is 12.5. The number of carbonyl (C=O) groups is 1. The molecule has 1 fully saturated rings. The molecule has 12 heteroatoms. The molecule has 2 aromatic rings. The van der Waals surface area contributed by atoms with Crippen LogP contribution in [0.5, 0.6) is 0 Å². The number of carbonyl (C=O) groups excluding carboxylic acids is 1. The Labute approximate surface area is 180 Å². The number of likely N-dealkylation sites (tertiary alicyclic amines) is 1. The Morgan fingerprint density at radius 1 is 1.54 bits per heavy atom. The van der Waals surface area contributed by atoms with Crippen molar-refractivity contribution in [2.75, 3.05) is 25.4 Å².